The van der Waals surface area contributed by atoms with E-state index in [0.717, 1.165) is 75.3 Å². The molecule has 1 fully saturated rings. The molecule has 3 aromatic rings. The average Bonchev–Trinajstić information content (AvgIpc) is 2.84. The van der Waals surface area contributed by atoms with Gasteiger partial charge in [-0.3, -0.25) is 0 Å². The van der Waals surface area contributed by atoms with Crippen LogP contribution in [0.5, 0.6) is 0 Å². The van der Waals surface area contributed by atoms with Gasteiger partial charge in [0.1, 0.15) is 5.82 Å². The van der Waals surface area contributed by atoms with Gasteiger partial charge in [0, 0.05) is 50.9 Å². The van der Waals surface area contributed by atoms with Gasteiger partial charge in [-0.25, -0.2) is 4.98 Å². The van der Waals surface area contributed by atoms with E-state index in [1.165, 1.54) is 11.1 Å². The molecule has 0 radical (unpaired) electrons. The molecule has 1 saturated heterocycles. The molecule has 0 bridgehead atoms. The zero-order valence-corrected chi connectivity index (χ0v) is 17.7. The Labute approximate surface area is 179 Å². The van der Waals surface area contributed by atoms with Crippen LogP contribution in [0.2, 0.25) is 0 Å². The molecule has 5 rings (SSSR count). The fraction of sp³-hybridized carbons (Fsp3) is 0.360. The Hall–Kier alpha value is -2.92. The molecule has 0 N–H and O–H groups in total. The monoisotopic (exact) mass is 399 g/mol. The summed E-state index contributed by atoms with van der Waals surface area (Å²) in [4.78, 5) is 17.3. The highest BCUT2D eigenvalue weighted by molar-refractivity contribution is 5.65. The summed E-state index contributed by atoms with van der Waals surface area (Å²) >= 11 is 0. The van der Waals surface area contributed by atoms with E-state index < -0.39 is 0 Å². The Morgan fingerprint density at radius 1 is 0.767 bits per heavy atom. The minimum atomic E-state index is 0.862. The lowest BCUT2D eigenvalue weighted by Crippen LogP contribution is -2.47. The number of rotatable bonds is 4. The number of fused-ring (bicyclic) bond motifs is 1. The second kappa shape index (κ2) is 8.44. The molecular weight excluding hydrogens is 370 g/mol. The average molecular weight is 400 g/mol. The molecule has 5 heteroatoms. The van der Waals surface area contributed by atoms with Crippen LogP contribution < -0.4 is 9.80 Å². The summed E-state index contributed by atoms with van der Waals surface area (Å²) in [7, 11) is 0. The van der Waals surface area contributed by atoms with Gasteiger partial charge in [0.2, 0.25) is 5.95 Å². The van der Waals surface area contributed by atoms with E-state index in [-0.39, 0.29) is 0 Å². The second-order valence-corrected chi connectivity index (χ2v) is 8.14. The molecule has 2 aromatic carbocycles. The van der Waals surface area contributed by atoms with Crippen LogP contribution in [0.1, 0.15) is 18.1 Å². The number of benzene rings is 2. The minimum Gasteiger partial charge on any atom is -0.352 e. The molecule has 0 spiro atoms. The van der Waals surface area contributed by atoms with Crippen LogP contribution in [0.4, 0.5) is 11.8 Å². The molecule has 0 atom stereocenters. The maximum Gasteiger partial charge on any atom is 0.227 e. The van der Waals surface area contributed by atoms with Crippen LogP contribution in [-0.4, -0.2) is 54.1 Å². The molecule has 2 aliphatic heterocycles. The molecule has 0 unspecified atom stereocenters. The summed E-state index contributed by atoms with van der Waals surface area (Å²) in [6.07, 6.45) is 1.06. The van der Waals surface area contributed by atoms with Crippen molar-refractivity contribution in [2.24, 2.45) is 0 Å². The smallest absolute Gasteiger partial charge is 0.227 e. The molecular formula is C25H29N5. The van der Waals surface area contributed by atoms with Crippen molar-refractivity contribution in [3.05, 3.63) is 71.8 Å². The Morgan fingerprint density at radius 2 is 1.50 bits per heavy atom. The highest BCUT2D eigenvalue weighted by atomic mass is 15.3. The van der Waals surface area contributed by atoms with Gasteiger partial charge in [-0.2, -0.15) is 4.98 Å². The first kappa shape index (κ1) is 19.1. The number of nitrogens with zero attached hydrogens (tertiary/aromatic N) is 5. The Bertz CT molecular complexity index is 995. The van der Waals surface area contributed by atoms with E-state index in [2.05, 4.69) is 82.3 Å². The van der Waals surface area contributed by atoms with Crippen molar-refractivity contribution >= 4 is 11.8 Å². The van der Waals surface area contributed by atoms with Gasteiger partial charge in [-0.1, -0.05) is 61.5 Å². The predicted molar refractivity (Wildman–Crippen MR) is 123 cm³/mol. The number of anilines is 2. The van der Waals surface area contributed by atoms with Crippen LogP contribution in [0.3, 0.4) is 0 Å². The van der Waals surface area contributed by atoms with Crippen LogP contribution in [-0.2, 0) is 13.0 Å². The summed E-state index contributed by atoms with van der Waals surface area (Å²) < 4.78 is 0. The molecule has 0 saturated carbocycles. The lowest BCUT2D eigenvalue weighted by molar-refractivity contribution is 0.270. The van der Waals surface area contributed by atoms with Gasteiger partial charge in [0.05, 0.1) is 5.69 Å². The van der Waals surface area contributed by atoms with E-state index >= 15 is 0 Å². The highest BCUT2D eigenvalue weighted by Crippen LogP contribution is 2.29. The largest absolute Gasteiger partial charge is 0.352 e. The van der Waals surface area contributed by atoms with Crippen LogP contribution in [0, 0.1) is 0 Å². The van der Waals surface area contributed by atoms with E-state index in [9.17, 15) is 0 Å². The van der Waals surface area contributed by atoms with E-state index in [0.29, 0.717) is 0 Å². The van der Waals surface area contributed by atoms with Gasteiger partial charge < -0.3 is 14.7 Å². The standard InChI is InChI=1S/C25H29N5/c1-2-28-14-16-29(17-15-28)25-26-23(21-9-4-3-5-10-21)18-24(27-25)30-13-12-20-8-6-7-11-22(20)19-30/h3-11,18H,2,12-17,19H2,1H3. The SMILES string of the molecule is CCN1CCN(c2nc(-c3ccccc3)cc(N3CCc4ccccc4C3)n2)CC1. The van der Waals surface area contributed by atoms with Gasteiger partial charge in [-0.05, 0) is 24.1 Å². The molecule has 5 nitrogen and oxygen atoms in total. The first-order valence-electron chi connectivity index (χ1n) is 11.0. The lowest BCUT2D eigenvalue weighted by Gasteiger charge is -2.35. The maximum atomic E-state index is 5.05. The summed E-state index contributed by atoms with van der Waals surface area (Å²) in [5, 5.41) is 0. The van der Waals surface area contributed by atoms with Crippen molar-refractivity contribution in [1.29, 1.82) is 0 Å². The fourth-order valence-corrected chi connectivity index (χ4v) is 4.44. The van der Waals surface area contributed by atoms with Crippen molar-refractivity contribution in [2.75, 3.05) is 49.1 Å². The summed E-state index contributed by atoms with van der Waals surface area (Å²) in [5.41, 5.74) is 5.02. The van der Waals surface area contributed by atoms with Crippen LogP contribution in [0.25, 0.3) is 11.3 Å². The predicted octanol–water partition coefficient (Wildman–Crippen LogP) is 3.85. The summed E-state index contributed by atoms with van der Waals surface area (Å²) in [6.45, 7) is 9.34. The van der Waals surface area contributed by atoms with Crippen molar-refractivity contribution in [2.45, 2.75) is 19.9 Å². The summed E-state index contributed by atoms with van der Waals surface area (Å²) in [6, 6.07) is 21.4. The number of aromatic nitrogens is 2. The quantitative estimate of drug-likeness (QED) is 0.666. The van der Waals surface area contributed by atoms with E-state index in [4.69, 9.17) is 9.97 Å². The van der Waals surface area contributed by atoms with E-state index in [1.54, 1.807) is 0 Å². The Morgan fingerprint density at radius 3 is 2.27 bits per heavy atom. The zero-order chi connectivity index (χ0) is 20.3. The lowest BCUT2D eigenvalue weighted by atomic mass is 10.00. The van der Waals surface area contributed by atoms with Gasteiger partial charge in [0.25, 0.3) is 0 Å². The molecule has 0 aliphatic carbocycles. The van der Waals surface area contributed by atoms with Crippen LogP contribution in [0.15, 0.2) is 60.7 Å². The number of hydrogen-bond donors (Lipinski definition) is 0. The van der Waals surface area contributed by atoms with Gasteiger partial charge in [0.15, 0.2) is 0 Å². The first-order chi connectivity index (χ1) is 14.8. The van der Waals surface area contributed by atoms with Crippen molar-refractivity contribution in [3.63, 3.8) is 0 Å². The van der Waals surface area contributed by atoms with E-state index in [1.807, 2.05) is 0 Å². The number of hydrogen-bond acceptors (Lipinski definition) is 5. The summed E-state index contributed by atoms with van der Waals surface area (Å²) in [5.74, 6) is 1.90. The molecule has 1 aromatic heterocycles. The third kappa shape index (κ3) is 3.90. The first-order valence-corrected chi connectivity index (χ1v) is 11.0. The molecule has 3 heterocycles. The second-order valence-electron chi connectivity index (χ2n) is 8.14. The van der Waals surface area contributed by atoms with Crippen molar-refractivity contribution < 1.29 is 0 Å². The minimum absolute atomic E-state index is 0.862. The number of likely N-dealkylation sites (N-methyl/N-ethyl adjacent to an activating group) is 1. The topological polar surface area (TPSA) is 35.5 Å². The molecule has 0 amide bonds. The van der Waals surface area contributed by atoms with Crippen molar-refractivity contribution in [1.82, 2.24) is 14.9 Å². The Kier molecular flexibility index (Phi) is 5.37. The fourth-order valence-electron chi connectivity index (χ4n) is 4.44. The van der Waals surface area contributed by atoms with Crippen LogP contribution >= 0.6 is 0 Å². The van der Waals surface area contributed by atoms with Gasteiger partial charge in [-0.15, -0.1) is 0 Å². The van der Waals surface area contributed by atoms with Gasteiger partial charge >= 0.3 is 0 Å². The highest BCUT2D eigenvalue weighted by Gasteiger charge is 2.22. The molecule has 154 valence electrons. The molecule has 2 aliphatic rings. The Balaban J connectivity index is 1.49. The van der Waals surface area contributed by atoms with Crippen molar-refractivity contribution in [3.8, 4) is 11.3 Å². The normalized spacial score (nSPS) is 17.1. The maximum absolute atomic E-state index is 5.05. The zero-order valence-electron chi connectivity index (χ0n) is 17.7. The number of piperazine rings is 1. The third-order valence-corrected chi connectivity index (χ3v) is 6.33. The molecule has 30 heavy (non-hydrogen) atoms. The third-order valence-electron chi connectivity index (χ3n) is 6.33.